The molecule has 2 atom stereocenters. The molecule has 0 aliphatic carbocycles. The fourth-order valence-corrected chi connectivity index (χ4v) is 3.23. The normalized spacial score (nSPS) is 17.4. The van der Waals surface area contributed by atoms with Crippen molar-refractivity contribution >= 4 is 34.8 Å². The number of nitrogens with zero attached hydrogens (tertiary/aromatic N) is 2. The minimum absolute atomic E-state index is 0.0485. The zero-order valence-electron chi connectivity index (χ0n) is 15.4. The van der Waals surface area contributed by atoms with E-state index < -0.39 is 29.4 Å². The molecule has 0 bridgehead atoms. The van der Waals surface area contributed by atoms with Crippen LogP contribution in [0.3, 0.4) is 0 Å². The molecule has 1 fully saturated rings. The SMILES string of the molecule is C[C@H](CSC(=O)CNC(=O)OCCCON(O)O)C(=O)N1CCC[C@H]1C(=O)O. The van der Waals surface area contributed by atoms with Crippen LogP contribution in [0.25, 0.3) is 0 Å². The monoisotopic (exact) mass is 423 g/mol. The zero-order valence-corrected chi connectivity index (χ0v) is 16.2. The maximum atomic E-state index is 12.4. The summed E-state index contributed by atoms with van der Waals surface area (Å²) in [4.78, 5) is 52.3. The van der Waals surface area contributed by atoms with Crippen molar-refractivity contribution in [3.63, 3.8) is 0 Å². The predicted octanol–water partition coefficient (Wildman–Crippen LogP) is 0.0862. The van der Waals surface area contributed by atoms with E-state index >= 15 is 0 Å². The average molecular weight is 423 g/mol. The summed E-state index contributed by atoms with van der Waals surface area (Å²) in [5, 5.41) is 27.1. The van der Waals surface area contributed by atoms with Crippen LogP contribution in [0.1, 0.15) is 26.2 Å². The third kappa shape index (κ3) is 8.84. The highest BCUT2D eigenvalue weighted by molar-refractivity contribution is 8.13. The Bertz CT molecular complexity index is 561. The third-order valence-corrected chi connectivity index (χ3v) is 4.98. The van der Waals surface area contributed by atoms with Crippen molar-refractivity contribution in [3.8, 4) is 0 Å². The average Bonchev–Trinajstić information content (AvgIpc) is 3.13. The van der Waals surface area contributed by atoms with Crippen molar-refractivity contribution in [3.05, 3.63) is 0 Å². The second-order valence-electron chi connectivity index (χ2n) is 6.04. The maximum absolute atomic E-state index is 12.4. The number of carboxylic acids is 1. The molecule has 160 valence electrons. The van der Waals surface area contributed by atoms with Crippen LogP contribution < -0.4 is 5.32 Å². The largest absolute Gasteiger partial charge is 0.480 e. The number of carboxylic acid groups (broad SMARTS) is 1. The van der Waals surface area contributed by atoms with Crippen LogP contribution in [0.15, 0.2) is 0 Å². The van der Waals surface area contributed by atoms with Crippen molar-refractivity contribution < 1.29 is 44.3 Å². The molecule has 1 saturated heterocycles. The van der Waals surface area contributed by atoms with Gasteiger partial charge in [0.25, 0.3) is 0 Å². The first-order chi connectivity index (χ1) is 13.2. The standard InChI is InChI=1S/C15H25N3O9S/c1-10(13(20)17-5-2-4-11(17)14(21)22)9-28-12(19)8-16-15(23)26-6-3-7-27-18(24)25/h10-11,24-25H,2-9H2,1H3,(H,16,23)(H,21,22)/t10-,11+/m1/s1. The van der Waals surface area contributed by atoms with E-state index in [9.17, 15) is 19.2 Å². The van der Waals surface area contributed by atoms with Crippen LogP contribution in [-0.2, 0) is 24.0 Å². The van der Waals surface area contributed by atoms with Gasteiger partial charge in [-0.25, -0.2) is 9.59 Å². The smallest absolute Gasteiger partial charge is 0.407 e. The van der Waals surface area contributed by atoms with Gasteiger partial charge in [-0.05, 0) is 12.8 Å². The number of amides is 2. The summed E-state index contributed by atoms with van der Waals surface area (Å²) in [6.45, 7) is 1.60. The molecule has 1 aliphatic heterocycles. The molecule has 13 heteroatoms. The van der Waals surface area contributed by atoms with Crippen molar-refractivity contribution in [2.75, 3.05) is 32.1 Å². The van der Waals surface area contributed by atoms with Gasteiger partial charge < -0.3 is 20.1 Å². The van der Waals surface area contributed by atoms with Gasteiger partial charge in [0.1, 0.15) is 6.04 Å². The fraction of sp³-hybridized carbons (Fsp3) is 0.733. The second-order valence-corrected chi connectivity index (χ2v) is 7.12. The van der Waals surface area contributed by atoms with Gasteiger partial charge in [0, 0.05) is 24.6 Å². The maximum Gasteiger partial charge on any atom is 0.407 e. The van der Waals surface area contributed by atoms with E-state index in [4.69, 9.17) is 20.3 Å². The number of likely N-dealkylation sites (tertiary alicyclic amines) is 1. The van der Waals surface area contributed by atoms with Gasteiger partial charge >= 0.3 is 12.1 Å². The van der Waals surface area contributed by atoms with E-state index in [1.54, 1.807) is 6.92 Å². The predicted molar refractivity (Wildman–Crippen MR) is 94.3 cm³/mol. The number of nitrogens with one attached hydrogen (secondary N) is 1. The van der Waals surface area contributed by atoms with Gasteiger partial charge in [0.2, 0.25) is 11.0 Å². The summed E-state index contributed by atoms with van der Waals surface area (Å²) in [6, 6.07) is -0.810. The summed E-state index contributed by atoms with van der Waals surface area (Å²) in [5.74, 6) is -1.68. The molecule has 0 aromatic heterocycles. The Kier molecular flexibility index (Phi) is 10.8. The lowest BCUT2D eigenvalue weighted by molar-refractivity contribution is -0.492. The quantitative estimate of drug-likeness (QED) is 0.263. The lowest BCUT2D eigenvalue weighted by Crippen LogP contribution is -2.43. The number of alkyl carbamates (subject to hydrolysis) is 1. The van der Waals surface area contributed by atoms with Crippen molar-refractivity contribution in [2.24, 2.45) is 5.92 Å². The molecular weight excluding hydrogens is 398 g/mol. The number of rotatable bonds is 11. The van der Waals surface area contributed by atoms with Crippen LogP contribution in [0.4, 0.5) is 4.79 Å². The molecule has 0 spiro atoms. The lowest BCUT2D eigenvalue weighted by Gasteiger charge is -2.24. The summed E-state index contributed by atoms with van der Waals surface area (Å²) in [5.41, 5.74) is 0. The van der Waals surface area contributed by atoms with Gasteiger partial charge in [0.05, 0.1) is 25.1 Å². The molecule has 0 saturated carbocycles. The number of carbonyl (C=O) groups excluding carboxylic acids is 3. The van der Waals surface area contributed by atoms with Gasteiger partial charge in [-0.1, -0.05) is 18.7 Å². The number of aliphatic carboxylic acids is 1. The lowest BCUT2D eigenvalue weighted by atomic mass is 10.1. The van der Waals surface area contributed by atoms with E-state index in [1.165, 1.54) is 4.90 Å². The van der Waals surface area contributed by atoms with E-state index in [-0.39, 0.29) is 43.0 Å². The molecule has 2 amide bonds. The molecule has 0 aromatic rings. The molecule has 1 rings (SSSR count). The summed E-state index contributed by atoms with van der Waals surface area (Å²) in [6.07, 6.45) is 0.458. The van der Waals surface area contributed by atoms with Crippen LogP contribution in [0, 0.1) is 5.92 Å². The van der Waals surface area contributed by atoms with Gasteiger partial charge in [0.15, 0.2) is 0 Å². The Labute approximate surface area is 165 Å². The van der Waals surface area contributed by atoms with Crippen LogP contribution in [0.5, 0.6) is 0 Å². The summed E-state index contributed by atoms with van der Waals surface area (Å²) < 4.78 is 4.75. The number of hydrogen-bond donors (Lipinski definition) is 4. The Morgan fingerprint density at radius 2 is 2.00 bits per heavy atom. The second kappa shape index (κ2) is 12.5. The highest BCUT2D eigenvalue weighted by Gasteiger charge is 2.35. The Morgan fingerprint density at radius 1 is 1.29 bits per heavy atom. The molecule has 0 radical (unpaired) electrons. The Balaban J connectivity index is 2.20. The molecule has 1 aliphatic rings. The zero-order chi connectivity index (χ0) is 21.1. The topological polar surface area (TPSA) is 166 Å². The highest BCUT2D eigenvalue weighted by atomic mass is 32.2. The van der Waals surface area contributed by atoms with Crippen molar-refractivity contribution in [1.29, 1.82) is 0 Å². The molecule has 4 N–H and O–H groups in total. The molecule has 28 heavy (non-hydrogen) atoms. The van der Waals surface area contributed by atoms with Crippen LogP contribution >= 0.6 is 11.8 Å². The molecule has 1 heterocycles. The van der Waals surface area contributed by atoms with E-state index in [2.05, 4.69) is 10.2 Å². The Morgan fingerprint density at radius 3 is 2.64 bits per heavy atom. The number of hydrogen-bond acceptors (Lipinski definition) is 10. The van der Waals surface area contributed by atoms with E-state index in [1.807, 2.05) is 0 Å². The van der Waals surface area contributed by atoms with Crippen LogP contribution in [0.2, 0.25) is 0 Å². The molecular formula is C15H25N3O9S. The third-order valence-electron chi connectivity index (χ3n) is 3.84. The van der Waals surface area contributed by atoms with E-state index in [0.29, 0.717) is 19.4 Å². The first-order valence-electron chi connectivity index (χ1n) is 8.62. The summed E-state index contributed by atoms with van der Waals surface area (Å²) >= 11 is 0.873. The minimum Gasteiger partial charge on any atom is -0.480 e. The Hall–Kier alpha value is -1.93. The molecule has 0 aromatic carbocycles. The fourth-order valence-electron chi connectivity index (χ4n) is 2.48. The van der Waals surface area contributed by atoms with E-state index in [0.717, 1.165) is 11.8 Å². The first kappa shape index (κ1) is 24.1. The number of carbonyl (C=O) groups is 4. The van der Waals surface area contributed by atoms with Crippen molar-refractivity contribution in [1.82, 2.24) is 15.6 Å². The van der Waals surface area contributed by atoms with Gasteiger partial charge in [-0.2, -0.15) is 0 Å². The van der Waals surface area contributed by atoms with Crippen LogP contribution in [-0.4, -0.2) is 87.0 Å². The van der Waals surface area contributed by atoms with Gasteiger partial charge in [-0.15, -0.1) is 0 Å². The molecule has 12 nitrogen and oxygen atoms in total. The highest BCUT2D eigenvalue weighted by Crippen LogP contribution is 2.21. The minimum atomic E-state index is -1.03. The van der Waals surface area contributed by atoms with Crippen molar-refractivity contribution in [2.45, 2.75) is 32.2 Å². The first-order valence-corrected chi connectivity index (χ1v) is 9.61. The summed E-state index contributed by atoms with van der Waals surface area (Å²) in [7, 11) is 0. The molecule has 0 unspecified atom stereocenters. The van der Waals surface area contributed by atoms with Gasteiger partial charge in [-0.3, -0.25) is 24.8 Å². The number of ether oxygens (including phenoxy) is 1. The number of thioether (sulfide) groups is 1.